The van der Waals surface area contributed by atoms with Gasteiger partial charge in [-0.25, -0.2) is 9.59 Å². The van der Waals surface area contributed by atoms with E-state index >= 15 is 0 Å². The quantitative estimate of drug-likeness (QED) is 0.298. The van der Waals surface area contributed by atoms with E-state index < -0.39 is 24.0 Å². The molecule has 3 aromatic carbocycles. The maximum absolute atomic E-state index is 12.8. The Bertz CT molecular complexity index is 1150. The molecule has 0 bridgehead atoms. The number of anilines is 1. The van der Waals surface area contributed by atoms with Crippen LogP contribution in [0.1, 0.15) is 29.3 Å². The van der Waals surface area contributed by atoms with E-state index in [1.54, 1.807) is 31.2 Å². The van der Waals surface area contributed by atoms with Crippen LogP contribution in [-0.2, 0) is 16.1 Å². The van der Waals surface area contributed by atoms with E-state index in [9.17, 15) is 14.4 Å². The van der Waals surface area contributed by atoms with Crippen LogP contribution < -0.4 is 15.4 Å². The van der Waals surface area contributed by atoms with E-state index in [1.165, 1.54) is 18.2 Å². The number of amides is 2. The summed E-state index contributed by atoms with van der Waals surface area (Å²) in [6.45, 7) is 1.77. The van der Waals surface area contributed by atoms with Gasteiger partial charge in [0.25, 0.3) is 5.91 Å². The Morgan fingerprint density at radius 2 is 1.59 bits per heavy atom. The van der Waals surface area contributed by atoms with Crippen LogP contribution in [0.4, 0.5) is 10.5 Å². The largest absolute Gasteiger partial charge is 0.445 e. The zero-order valence-corrected chi connectivity index (χ0v) is 19.7. The van der Waals surface area contributed by atoms with Gasteiger partial charge >= 0.3 is 12.1 Å². The fraction of sp³-hybridized carbons (Fsp3) is 0.160. The minimum absolute atomic E-state index is 0.00114. The van der Waals surface area contributed by atoms with E-state index in [-0.39, 0.29) is 29.4 Å². The SMILES string of the molecule is CC[C@@H](NC(=O)OCc1ccccc1)C(=O)Oc1ccc(Cl)cc1C(=O)Nc1ccc(Cl)cc1. The highest BCUT2D eigenvalue weighted by Crippen LogP contribution is 2.25. The summed E-state index contributed by atoms with van der Waals surface area (Å²) in [6.07, 6.45) is -0.511. The minimum atomic E-state index is -0.980. The molecule has 0 saturated carbocycles. The van der Waals surface area contributed by atoms with E-state index in [4.69, 9.17) is 32.7 Å². The number of carbonyl (C=O) groups is 3. The predicted octanol–water partition coefficient (Wildman–Crippen LogP) is 5.86. The monoisotopic (exact) mass is 500 g/mol. The fourth-order valence-electron chi connectivity index (χ4n) is 2.91. The number of benzene rings is 3. The molecule has 3 rings (SSSR count). The number of rotatable bonds is 8. The molecule has 0 aromatic heterocycles. The average molecular weight is 501 g/mol. The minimum Gasteiger partial charge on any atom is -0.445 e. The number of hydrogen-bond donors (Lipinski definition) is 2. The summed E-state index contributed by atoms with van der Waals surface area (Å²) in [6, 6.07) is 19.0. The van der Waals surface area contributed by atoms with E-state index in [0.29, 0.717) is 10.7 Å². The maximum Gasteiger partial charge on any atom is 0.408 e. The first-order valence-corrected chi connectivity index (χ1v) is 11.2. The first-order valence-electron chi connectivity index (χ1n) is 10.4. The van der Waals surface area contributed by atoms with E-state index in [0.717, 1.165) is 5.56 Å². The molecule has 9 heteroatoms. The van der Waals surface area contributed by atoms with Crippen molar-refractivity contribution in [3.63, 3.8) is 0 Å². The van der Waals surface area contributed by atoms with Gasteiger partial charge in [-0.3, -0.25) is 4.79 Å². The van der Waals surface area contributed by atoms with Gasteiger partial charge < -0.3 is 20.1 Å². The van der Waals surface area contributed by atoms with Gasteiger partial charge in [-0.15, -0.1) is 0 Å². The van der Waals surface area contributed by atoms with Crippen molar-refractivity contribution in [2.75, 3.05) is 5.32 Å². The molecule has 176 valence electrons. The molecule has 2 N–H and O–H groups in total. The molecule has 7 nitrogen and oxygen atoms in total. The zero-order chi connectivity index (χ0) is 24.5. The zero-order valence-electron chi connectivity index (χ0n) is 18.2. The lowest BCUT2D eigenvalue weighted by Gasteiger charge is -2.17. The number of esters is 1. The molecule has 0 fully saturated rings. The van der Waals surface area contributed by atoms with Crippen molar-refractivity contribution in [2.45, 2.75) is 26.0 Å². The second kappa shape index (κ2) is 12.1. The molecule has 0 aliphatic heterocycles. The van der Waals surface area contributed by atoms with Crippen LogP contribution in [0.5, 0.6) is 5.75 Å². The van der Waals surface area contributed by atoms with Crippen LogP contribution in [0.15, 0.2) is 72.8 Å². The van der Waals surface area contributed by atoms with Crippen molar-refractivity contribution >= 4 is 46.9 Å². The van der Waals surface area contributed by atoms with Gasteiger partial charge in [0, 0.05) is 15.7 Å². The fourth-order valence-corrected chi connectivity index (χ4v) is 3.21. The van der Waals surface area contributed by atoms with Crippen molar-refractivity contribution in [3.8, 4) is 5.75 Å². The Labute approximate surface area is 207 Å². The van der Waals surface area contributed by atoms with Crippen LogP contribution in [0.25, 0.3) is 0 Å². The van der Waals surface area contributed by atoms with Crippen molar-refractivity contribution in [1.29, 1.82) is 0 Å². The normalized spacial score (nSPS) is 11.3. The third-order valence-electron chi connectivity index (χ3n) is 4.70. The van der Waals surface area contributed by atoms with E-state index in [1.807, 2.05) is 30.3 Å². The summed E-state index contributed by atoms with van der Waals surface area (Å²) in [5.41, 5.74) is 1.36. The van der Waals surface area contributed by atoms with Gasteiger partial charge in [0.15, 0.2) is 0 Å². The molecule has 0 spiro atoms. The summed E-state index contributed by atoms with van der Waals surface area (Å²) >= 11 is 11.9. The van der Waals surface area contributed by atoms with Gasteiger partial charge in [0.2, 0.25) is 0 Å². The van der Waals surface area contributed by atoms with Crippen LogP contribution in [0, 0.1) is 0 Å². The number of ether oxygens (including phenoxy) is 2. The van der Waals surface area contributed by atoms with Gasteiger partial charge in [0.05, 0.1) is 5.56 Å². The first-order chi connectivity index (χ1) is 16.4. The van der Waals surface area contributed by atoms with Crippen LogP contribution in [0.3, 0.4) is 0 Å². The molecule has 0 aliphatic rings. The lowest BCUT2D eigenvalue weighted by molar-refractivity contribution is -0.136. The Morgan fingerprint density at radius 1 is 0.912 bits per heavy atom. The molecule has 2 amide bonds. The molecule has 0 unspecified atom stereocenters. The molecular weight excluding hydrogens is 479 g/mol. The average Bonchev–Trinajstić information content (AvgIpc) is 2.84. The van der Waals surface area contributed by atoms with Crippen molar-refractivity contribution in [1.82, 2.24) is 5.32 Å². The lowest BCUT2D eigenvalue weighted by atomic mass is 10.1. The highest BCUT2D eigenvalue weighted by atomic mass is 35.5. The van der Waals surface area contributed by atoms with Gasteiger partial charge in [-0.1, -0.05) is 60.5 Å². The van der Waals surface area contributed by atoms with Crippen LogP contribution in [0.2, 0.25) is 10.0 Å². The standard InChI is InChI=1S/C25H22Cl2N2O5/c1-2-21(29-25(32)33-15-16-6-4-3-5-7-16)24(31)34-22-13-10-18(27)14-20(22)23(30)28-19-11-8-17(26)9-12-19/h3-14,21H,2,15H2,1H3,(H,28,30)(H,29,32)/t21-/m1/s1. The summed E-state index contributed by atoms with van der Waals surface area (Å²) in [5.74, 6) is -1.28. The van der Waals surface area contributed by atoms with E-state index in [2.05, 4.69) is 10.6 Å². The Morgan fingerprint density at radius 3 is 2.26 bits per heavy atom. The Hall–Kier alpha value is -3.55. The third kappa shape index (κ3) is 7.23. The highest BCUT2D eigenvalue weighted by Gasteiger charge is 2.24. The highest BCUT2D eigenvalue weighted by molar-refractivity contribution is 6.31. The molecule has 1 atom stereocenters. The molecule has 0 radical (unpaired) electrons. The Balaban J connectivity index is 1.65. The van der Waals surface area contributed by atoms with Crippen molar-refractivity contribution < 1.29 is 23.9 Å². The van der Waals surface area contributed by atoms with Gasteiger partial charge in [-0.05, 0) is 54.4 Å². The van der Waals surface area contributed by atoms with Gasteiger partial charge in [-0.2, -0.15) is 0 Å². The summed E-state index contributed by atoms with van der Waals surface area (Å²) in [5, 5.41) is 6.00. The third-order valence-corrected chi connectivity index (χ3v) is 5.18. The molecule has 0 saturated heterocycles. The molecule has 0 aliphatic carbocycles. The second-order valence-corrected chi connectivity index (χ2v) is 8.06. The smallest absolute Gasteiger partial charge is 0.408 e. The maximum atomic E-state index is 12.8. The van der Waals surface area contributed by atoms with Crippen LogP contribution in [-0.4, -0.2) is 24.0 Å². The predicted molar refractivity (Wildman–Crippen MR) is 130 cm³/mol. The summed E-state index contributed by atoms with van der Waals surface area (Å²) < 4.78 is 10.6. The molecular formula is C25H22Cl2N2O5. The number of nitrogens with one attached hydrogen (secondary N) is 2. The van der Waals surface area contributed by atoms with Crippen LogP contribution >= 0.6 is 23.2 Å². The topological polar surface area (TPSA) is 93.7 Å². The Kier molecular flexibility index (Phi) is 8.90. The number of alkyl carbamates (subject to hydrolysis) is 1. The van der Waals surface area contributed by atoms with Gasteiger partial charge in [0.1, 0.15) is 18.4 Å². The number of halogens is 2. The second-order valence-electron chi connectivity index (χ2n) is 7.19. The van der Waals surface area contributed by atoms with Crippen molar-refractivity contribution in [3.05, 3.63) is 94.0 Å². The molecule has 0 heterocycles. The summed E-state index contributed by atoms with van der Waals surface area (Å²) in [7, 11) is 0. The summed E-state index contributed by atoms with van der Waals surface area (Å²) in [4.78, 5) is 37.7. The molecule has 3 aromatic rings. The number of hydrogen-bond acceptors (Lipinski definition) is 5. The van der Waals surface area contributed by atoms with Crippen molar-refractivity contribution in [2.24, 2.45) is 0 Å². The number of carbonyl (C=O) groups excluding carboxylic acids is 3. The molecule has 34 heavy (non-hydrogen) atoms. The lowest BCUT2D eigenvalue weighted by Crippen LogP contribution is -2.43. The first kappa shape index (κ1) is 25.1.